The number of alkyl halides is 3. The number of amides is 3. The van der Waals surface area contributed by atoms with E-state index in [2.05, 4.69) is 20.7 Å². The van der Waals surface area contributed by atoms with Crippen molar-refractivity contribution >= 4 is 23.4 Å². The first-order valence-electron chi connectivity index (χ1n) is 13.0. The van der Waals surface area contributed by atoms with Crippen LogP contribution >= 0.6 is 0 Å². The van der Waals surface area contributed by atoms with E-state index in [0.29, 0.717) is 50.5 Å². The van der Waals surface area contributed by atoms with Gasteiger partial charge in [0, 0.05) is 44.7 Å². The second-order valence-electron chi connectivity index (χ2n) is 9.87. The lowest BCUT2D eigenvalue weighted by Gasteiger charge is -2.32. The smallest absolute Gasteiger partial charge is 0.406 e. The highest BCUT2D eigenvalue weighted by atomic mass is 19.4. The maximum Gasteiger partial charge on any atom is 0.573 e. The van der Waals surface area contributed by atoms with Crippen molar-refractivity contribution in [3.8, 4) is 5.75 Å². The van der Waals surface area contributed by atoms with Crippen LogP contribution in [0.3, 0.4) is 0 Å². The van der Waals surface area contributed by atoms with Crippen molar-refractivity contribution in [3.05, 3.63) is 24.3 Å². The minimum Gasteiger partial charge on any atom is -0.406 e. The fourth-order valence-corrected chi connectivity index (χ4v) is 5.02. The minimum atomic E-state index is -4.74. The van der Waals surface area contributed by atoms with Crippen LogP contribution in [0, 0.1) is 11.8 Å². The third-order valence-corrected chi connectivity index (χ3v) is 7.08. The Morgan fingerprint density at radius 3 is 2.24 bits per heavy atom. The molecule has 11 heteroatoms. The maximum absolute atomic E-state index is 13.0. The number of anilines is 1. The molecule has 2 fully saturated rings. The van der Waals surface area contributed by atoms with E-state index in [9.17, 15) is 27.6 Å². The highest BCUT2D eigenvalue weighted by Gasteiger charge is 2.32. The van der Waals surface area contributed by atoms with Crippen LogP contribution in [0.2, 0.25) is 0 Å². The molecular formula is C26H37F3N4O4. The Morgan fingerprint density at radius 1 is 1.00 bits per heavy atom. The molecule has 1 heterocycles. The highest BCUT2D eigenvalue weighted by Crippen LogP contribution is 2.28. The number of carbonyl (C=O) groups excluding carboxylic acids is 3. The van der Waals surface area contributed by atoms with Gasteiger partial charge < -0.3 is 25.6 Å². The minimum absolute atomic E-state index is 0.00704. The van der Waals surface area contributed by atoms with Gasteiger partial charge in [-0.3, -0.25) is 14.4 Å². The van der Waals surface area contributed by atoms with Crippen molar-refractivity contribution in [2.24, 2.45) is 11.8 Å². The number of halogens is 3. The molecule has 0 unspecified atom stereocenters. The monoisotopic (exact) mass is 526 g/mol. The average molecular weight is 527 g/mol. The summed E-state index contributed by atoms with van der Waals surface area (Å²) in [6.45, 7) is 3.26. The van der Waals surface area contributed by atoms with Crippen LogP contribution in [0.25, 0.3) is 0 Å². The van der Waals surface area contributed by atoms with Gasteiger partial charge in [0.05, 0.1) is 0 Å². The zero-order chi connectivity index (χ0) is 26.8. The normalized spacial score (nSPS) is 18.1. The SMILES string of the molecule is CC(=O)N1CCC(C(=O)N[C@@H](CC2CCCCC2)C(=O)NCCNc2ccc(OC(F)(F)F)cc2)CC1. The molecule has 0 spiro atoms. The summed E-state index contributed by atoms with van der Waals surface area (Å²) in [5.74, 6) is -0.510. The molecule has 1 saturated carbocycles. The molecular weight excluding hydrogens is 489 g/mol. The molecule has 1 saturated heterocycles. The molecule has 1 atom stereocenters. The van der Waals surface area contributed by atoms with Gasteiger partial charge >= 0.3 is 6.36 Å². The molecule has 1 aromatic carbocycles. The van der Waals surface area contributed by atoms with Crippen LogP contribution in [-0.4, -0.2) is 61.2 Å². The summed E-state index contributed by atoms with van der Waals surface area (Å²) < 4.78 is 40.7. The standard InChI is InChI=1S/C26H37F3N4O4/c1-18(34)33-15-11-20(12-16-33)24(35)32-23(17-19-5-3-2-4-6-19)25(36)31-14-13-30-21-7-9-22(10-8-21)37-26(27,28)29/h7-10,19-20,23,30H,2-6,11-17H2,1H3,(H,31,36)(H,32,35)/t23-/m0/s1. The predicted octanol–water partition coefficient (Wildman–Crippen LogP) is 3.83. The molecule has 1 aromatic rings. The summed E-state index contributed by atoms with van der Waals surface area (Å²) in [6.07, 6.45) is 2.58. The van der Waals surface area contributed by atoms with E-state index in [1.54, 1.807) is 4.90 Å². The summed E-state index contributed by atoms with van der Waals surface area (Å²) >= 11 is 0. The van der Waals surface area contributed by atoms with Crippen molar-refractivity contribution < 1.29 is 32.3 Å². The van der Waals surface area contributed by atoms with E-state index < -0.39 is 12.4 Å². The Balaban J connectivity index is 1.48. The molecule has 2 aliphatic rings. The number of nitrogens with one attached hydrogen (secondary N) is 3. The van der Waals surface area contributed by atoms with Crippen molar-refractivity contribution in [3.63, 3.8) is 0 Å². The largest absolute Gasteiger partial charge is 0.573 e. The van der Waals surface area contributed by atoms with Gasteiger partial charge in [-0.2, -0.15) is 0 Å². The van der Waals surface area contributed by atoms with Crippen molar-refractivity contribution in [1.82, 2.24) is 15.5 Å². The van der Waals surface area contributed by atoms with Crippen LogP contribution in [0.4, 0.5) is 18.9 Å². The second kappa shape index (κ2) is 13.5. The van der Waals surface area contributed by atoms with Gasteiger partial charge in [0.15, 0.2) is 0 Å². The molecule has 206 valence electrons. The first kappa shape index (κ1) is 28.6. The van der Waals surface area contributed by atoms with Gasteiger partial charge in [0.1, 0.15) is 11.8 Å². The lowest BCUT2D eigenvalue weighted by molar-refractivity contribution is -0.274. The van der Waals surface area contributed by atoms with Crippen molar-refractivity contribution in [2.75, 3.05) is 31.5 Å². The van der Waals surface area contributed by atoms with Crippen LogP contribution in [0.15, 0.2) is 24.3 Å². The molecule has 3 N–H and O–H groups in total. The molecule has 3 amide bonds. The Hall–Kier alpha value is -2.98. The third-order valence-electron chi connectivity index (χ3n) is 7.08. The van der Waals surface area contributed by atoms with Gasteiger partial charge in [-0.05, 0) is 49.4 Å². The van der Waals surface area contributed by atoms with E-state index in [-0.39, 0.29) is 35.9 Å². The van der Waals surface area contributed by atoms with E-state index in [1.165, 1.54) is 37.6 Å². The molecule has 3 rings (SSSR count). The lowest BCUT2D eigenvalue weighted by Crippen LogP contribution is -2.51. The number of ether oxygens (including phenoxy) is 1. The van der Waals surface area contributed by atoms with E-state index in [1.807, 2.05) is 0 Å². The van der Waals surface area contributed by atoms with Crippen LogP contribution in [0.5, 0.6) is 5.75 Å². The average Bonchev–Trinajstić information content (AvgIpc) is 2.86. The van der Waals surface area contributed by atoms with Crippen LogP contribution in [-0.2, 0) is 14.4 Å². The number of benzene rings is 1. The quantitative estimate of drug-likeness (QED) is 0.403. The number of hydrogen-bond acceptors (Lipinski definition) is 5. The van der Waals surface area contributed by atoms with Gasteiger partial charge in [-0.15, -0.1) is 13.2 Å². The van der Waals surface area contributed by atoms with Gasteiger partial charge in [-0.1, -0.05) is 32.1 Å². The summed E-state index contributed by atoms with van der Waals surface area (Å²) in [5.41, 5.74) is 0.590. The maximum atomic E-state index is 13.0. The first-order valence-corrected chi connectivity index (χ1v) is 13.0. The van der Waals surface area contributed by atoms with Gasteiger partial charge in [0.2, 0.25) is 17.7 Å². The van der Waals surface area contributed by atoms with Crippen LogP contribution in [0.1, 0.15) is 58.3 Å². The number of rotatable bonds is 10. The molecule has 37 heavy (non-hydrogen) atoms. The van der Waals surface area contributed by atoms with E-state index >= 15 is 0 Å². The fourth-order valence-electron chi connectivity index (χ4n) is 5.02. The predicted molar refractivity (Wildman–Crippen MR) is 133 cm³/mol. The second-order valence-corrected chi connectivity index (χ2v) is 9.87. The number of hydrogen-bond donors (Lipinski definition) is 3. The van der Waals surface area contributed by atoms with Crippen LogP contribution < -0.4 is 20.7 Å². The van der Waals surface area contributed by atoms with Crippen molar-refractivity contribution in [2.45, 2.75) is 70.7 Å². The highest BCUT2D eigenvalue weighted by molar-refractivity contribution is 5.88. The zero-order valence-corrected chi connectivity index (χ0v) is 21.2. The summed E-state index contributed by atoms with van der Waals surface area (Å²) in [5, 5.41) is 8.90. The number of likely N-dealkylation sites (tertiary alicyclic amines) is 1. The first-order chi connectivity index (χ1) is 17.6. The molecule has 0 radical (unpaired) electrons. The fraction of sp³-hybridized carbons (Fsp3) is 0.654. The third kappa shape index (κ3) is 9.77. The zero-order valence-electron chi connectivity index (χ0n) is 21.2. The summed E-state index contributed by atoms with van der Waals surface area (Å²) in [7, 11) is 0. The molecule has 1 aliphatic heterocycles. The Kier molecular flexibility index (Phi) is 10.5. The van der Waals surface area contributed by atoms with Gasteiger partial charge in [-0.25, -0.2) is 0 Å². The topological polar surface area (TPSA) is 99.8 Å². The van der Waals surface area contributed by atoms with E-state index in [4.69, 9.17) is 0 Å². The Morgan fingerprint density at radius 2 is 1.65 bits per heavy atom. The Bertz CT molecular complexity index is 896. The van der Waals surface area contributed by atoms with E-state index in [0.717, 1.165) is 25.7 Å². The lowest BCUT2D eigenvalue weighted by atomic mass is 9.84. The Labute approximate surface area is 215 Å². The molecule has 8 nitrogen and oxygen atoms in total. The summed E-state index contributed by atoms with van der Waals surface area (Å²) in [4.78, 5) is 39.3. The van der Waals surface area contributed by atoms with Gasteiger partial charge in [0.25, 0.3) is 0 Å². The molecule has 0 bridgehead atoms. The van der Waals surface area contributed by atoms with Crippen molar-refractivity contribution in [1.29, 1.82) is 0 Å². The molecule has 1 aliphatic carbocycles. The number of nitrogens with zero attached hydrogens (tertiary/aromatic N) is 1. The number of piperidine rings is 1. The molecule has 0 aromatic heterocycles. The number of carbonyl (C=O) groups is 3. The summed E-state index contributed by atoms with van der Waals surface area (Å²) in [6, 6.07) is 4.73.